The molecule has 2 aliphatic heterocycles. The number of carboxylic acids is 1. The third-order valence-corrected chi connectivity index (χ3v) is 10.9. The lowest BCUT2D eigenvalue weighted by atomic mass is 10.00. The van der Waals surface area contributed by atoms with Gasteiger partial charge in [-0.05, 0) is 24.6 Å². The molecule has 3 atom stereocenters. The topological polar surface area (TPSA) is 142 Å². The average molecular weight is 751 g/mol. The lowest BCUT2D eigenvalue weighted by Crippen LogP contribution is -2.35. The Kier molecular flexibility index (Phi) is 10.3. The summed E-state index contributed by atoms with van der Waals surface area (Å²) in [6, 6.07) is 16.2. The van der Waals surface area contributed by atoms with Gasteiger partial charge in [-0.3, -0.25) is 14.5 Å². The van der Waals surface area contributed by atoms with Gasteiger partial charge in [0.2, 0.25) is 11.8 Å². The van der Waals surface area contributed by atoms with E-state index in [1.807, 2.05) is 54.6 Å². The SMILES string of the molecule is COc1nc(-c2cccc(-c3cccc(Nc4nccc5sc(CN6CC(F)CC6C(=O)O)nc45)c3Cl)c2Cl)ccc1CNC[C@H]1CCC(=O)N1. The number of aliphatic carboxylic acids is 1. The third kappa shape index (κ3) is 7.49. The number of alkyl halides is 1. The third-order valence-electron chi connectivity index (χ3n) is 9.07. The summed E-state index contributed by atoms with van der Waals surface area (Å²) in [5.74, 6) is 0.00102. The van der Waals surface area contributed by atoms with Crippen LogP contribution < -0.4 is 20.7 Å². The molecule has 4 N–H and O–H groups in total. The number of nitrogens with zero attached hydrogens (tertiary/aromatic N) is 4. The highest BCUT2D eigenvalue weighted by molar-refractivity contribution is 7.18. The number of hydrogen-bond acceptors (Lipinski definition) is 10. The van der Waals surface area contributed by atoms with Crippen LogP contribution in [0.5, 0.6) is 5.88 Å². The average Bonchev–Trinajstić information content (AvgIpc) is 3.84. The number of carbonyl (C=O) groups is 2. The number of likely N-dealkylation sites (tertiary alicyclic amines) is 1. The summed E-state index contributed by atoms with van der Waals surface area (Å²) in [7, 11) is 1.58. The molecule has 3 aromatic heterocycles. The second kappa shape index (κ2) is 15.1. The predicted molar refractivity (Wildman–Crippen MR) is 197 cm³/mol. The van der Waals surface area contributed by atoms with Crippen LogP contribution in [0.4, 0.5) is 15.9 Å². The van der Waals surface area contributed by atoms with Crippen molar-refractivity contribution in [2.45, 2.75) is 50.6 Å². The van der Waals surface area contributed by atoms with E-state index in [1.165, 1.54) is 11.3 Å². The summed E-state index contributed by atoms with van der Waals surface area (Å²) in [6.45, 7) is 1.46. The minimum atomic E-state index is -1.19. The predicted octanol–water partition coefficient (Wildman–Crippen LogP) is 6.84. The first-order valence-electron chi connectivity index (χ1n) is 16.4. The molecule has 11 nitrogen and oxygen atoms in total. The fourth-order valence-electron chi connectivity index (χ4n) is 6.56. The Morgan fingerprint density at radius 2 is 1.88 bits per heavy atom. The second-order valence-corrected chi connectivity index (χ2v) is 14.4. The van der Waals surface area contributed by atoms with Gasteiger partial charge in [0.1, 0.15) is 22.7 Å². The molecule has 0 aliphatic carbocycles. The van der Waals surface area contributed by atoms with Crippen LogP contribution in [0.25, 0.3) is 32.6 Å². The number of rotatable bonds is 12. The van der Waals surface area contributed by atoms with Gasteiger partial charge in [-0.2, -0.15) is 0 Å². The van der Waals surface area contributed by atoms with Crippen LogP contribution in [-0.4, -0.2) is 75.3 Å². The number of pyridine rings is 2. The standard InChI is InChI=1S/C36H34Cl2FN7O4S/c1-50-35-19(15-40-16-21-9-11-29(47)42-21)8-10-25(44-35)24-6-2-4-22(31(24)37)23-5-3-7-26(32(23)38)43-34-33-28(12-13-41-34)51-30(45-33)18-46-17-20(39)14-27(46)36(48)49/h2-8,10,12-13,20-21,27,40H,9,11,14-18H2,1H3,(H,41,43)(H,42,47)(H,48,49)/t20?,21-,27?/m1/s1. The molecule has 0 bridgehead atoms. The molecule has 2 aliphatic rings. The fraction of sp³-hybridized carbons (Fsp3) is 0.306. The number of halogens is 3. The summed E-state index contributed by atoms with van der Waals surface area (Å²) < 4.78 is 20.6. The first-order valence-corrected chi connectivity index (χ1v) is 18.0. The zero-order valence-corrected chi connectivity index (χ0v) is 29.8. The van der Waals surface area contributed by atoms with Crippen molar-refractivity contribution in [3.8, 4) is 28.3 Å². The maximum Gasteiger partial charge on any atom is 0.321 e. The van der Waals surface area contributed by atoms with Crippen LogP contribution >= 0.6 is 34.5 Å². The van der Waals surface area contributed by atoms with Crippen molar-refractivity contribution >= 4 is 68.1 Å². The van der Waals surface area contributed by atoms with E-state index in [9.17, 15) is 19.1 Å². The Balaban J connectivity index is 1.11. The van der Waals surface area contributed by atoms with E-state index >= 15 is 0 Å². The summed E-state index contributed by atoms with van der Waals surface area (Å²) in [6.07, 6.45) is 1.82. The van der Waals surface area contributed by atoms with Gasteiger partial charge in [0.05, 0.1) is 39.8 Å². The molecule has 0 spiro atoms. The van der Waals surface area contributed by atoms with Gasteiger partial charge < -0.3 is 25.8 Å². The second-order valence-electron chi connectivity index (χ2n) is 12.5. The molecule has 5 heterocycles. The van der Waals surface area contributed by atoms with E-state index in [0.29, 0.717) is 79.8 Å². The Hall–Kier alpha value is -4.40. The summed E-state index contributed by atoms with van der Waals surface area (Å²) in [5, 5.41) is 20.8. The Labute approximate surface area is 307 Å². The molecule has 0 saturated carbocycles. The van der Waals surface area contributed by atoms with E-state index in [2.05, 4.69) is 20.9 Å². The molecule has 7 rings (SSSR count). The van der Waals surface area contributed by atoms with Crippen LogP contribution in [0, 0.1) is 0 Å². The number of nitrogens with one attached hydrogen (secondary N) is 3. The Bertz CT molecular complexity index is 2120. The zero-order chi connectivity index (χ0) is 35.6. The number of fused-ring (bicyclic) bond motifs is 1. The van der Waals surface area contributed by atoms with Crippen LogP contribution in [0.1, 0.15) is 29.8 Å². The van der Waals surface area contributed by atoms with Crippen molar-refractivity contribution < 1.29 is 23.8 Å². The Morgan fingerprint density at radius 1 is 1.10 bits per heavy atom. The van der Waals surface area contributed by atoms with E-state index in [4.69, 9.17) is 37.9 Å². The highest BCUT2D eigenvalue weighted by Gasteiger charge is 2.37. The zero-order valence-electron chi connectivity index (χ0n) is 27.5. The van der Waals surface area contributed by atoms with Crippen molar-refractivity contribution in [3.05, 3.63) is 81.4 Å². The molecular weight excluding hydrogens is 716 g/mol. The highest BCUT2D eigenvalue weighted by Crippen LogP contribution is 2.42. The number of carbonyl (C=O) groups excluding carboxylic acids is 1. The van der Waals surface area contributed by atoms with Crippen molar-refractivity contribution in [1.82, 2.24) is 30.5 Å². The number of carboxylic acid groups (broad SMARTS) is 1. The molecule has 264 valence electrons. The van der Waals surface area contributed by atoms with Crippen LogP contribution in [0.15, 0.2) is 60.8 Å². The number of benzene rings is 2. The van der Waals surface area contributed by atoms with Crippen molar-refractivity contribution in [2.75, 3.05) is 25.5 Å². The van der Waals surface area contributed by atoms with Gasteiger partial charge in [-0.25, -0.2) is 19.3 Å². The van der Waals surface area contributed by atoms with Crippen LogP contribution in [-0.2, 0) is 22.7 Å². The van der Waals surface area contributed by atoms with E-state index in [1.54, 1.807) is 18.2 Å². The number of aromatic nitrogens is 3. The fourth-order valence-corrected chi connectivity index (χ4v) is 8.15. The molecule has 5 aromatic rings. The number of hydrogen-bond donors (Lipinski definition) is 4. The first-order chi connectivity index (χ1) is 24.7. The van der Waals surface area contributed by atoms with Gasteiger partial charge in [0.25, 0.3) is 0 Å². The lowest BCUT2D eigenvalue weighted by Gasteiger charge is -2.18. The lowest BCUT2D eigenvalue weighted by molar-refractivity contribution is -0.142. The summed E-state index contributed by atoms with van der Waals surface area (Å²) >= 11 is 15.5. The molecule has 0 radical (unpaired) electrons. The first kappa shape index (κ1) is 35.0. The quantitative estimate of drug-likeness (QED) is 0.107. The van der Waals surface area contributed by atoms with Crippen LogP contribution in [0.3, 0.4) is 0 Å². The van der Waals surface area contributed by atoms with Gasteiger partial charge in [0, 0.05) is 67.0 Å². The smallest absolute Gasteiger partial charge is 0.321 e. The van der Waals surface area contributed by atoms with Gasteiger partial charge in [0.15, 0.2) is 5.82 Å². The highest BCUT2D eigenvalue weighted by atomic mass is 35.5. The normalized spacial score (nSPS) is 19.1. The molecule has 2 fully saturated rings. The summed E-state index contributed by atoms with van der Waals surface area (Å²) in [5.41, 5.74) is 4.82. The molecular formula is C36H34Cl2FN7O4S. The van der Waals surface area contributed by atoms with Gasteiger partial charge in [-0.15, -0.1) is 11.3 Å². The van der Waals surface area contributed by atoms with E-state index in [0.717, 1.165) is 16.7 Å². The summed E-state index contributed by atoms with van der Waals surface area (Å²) in [4.78, 5) is 38.8. The molecule has 51 heavy (non-hydrogen) atoms. The van der Waals surface area contributed by atoms with Gasteiger partial charge in [-0.1, -0.05) is 59.6 Å². The number of ether oxygens (including phenoxy) is 1. The van der Waals surface area contributed by atoms with Crippen molar-refractivity contribution in [2.24, 2.45) is 0 Å². The number of amides is 1. The number of methoxy groups -OCH3 is 1. The van der Waals surface area contributed by atoms with Crippen LogP contribution in [0.2, 0.25) is 10.0 Å². The molecule has 2 saturated heterocycles. The minimum Gasteiger partial charge on any atom is -0.481 e. The van der Waals surface area contributed by atoms with E-state index in [-0.39, 0.29) is 31.5 Å². The van der Waals surface area contributed by atoms with E-state index < -0.39 is 18.2 Å². The van der Waals surface area contributed by atoms with Crippen molar-refractivity contribution in [3.63, 3.8) is 0 Å². The maximum atomic E-state index is 14.1. The largest absolute Gasteiger partial charge is 0.481 e. The molecule has 2 unspecified atom stereocenters. The molecule has 15 heteroatoms. The van der Waals surface area contributed by atoms with Gasteiger partial charge >= 0.3 is 5.97 Å². The van der Waals surface area contributed by atoms with Crippen molar-refractivity contribution in [1.29, 1.82) is 0 Å². The number of thiazole rings is 1. The number of anilines is 2. The monoisotopic (exact) mass is 749 g/mol. The maximum absolute atomic E-state index is 14.1. The molecule has 2 aromatic carbocycles. The Morgan fingerprint density at radius 3 is 2.65 bits per heavy atom. The molecule has 1 amide bonds. The minimum absolute atomic E-state index is 0.0326.